The minimum Gasteiger partial charge on any atom is -0.504 e. The summed E-state index contributed by atoms with van der Waals surface area (Å²) in [5.74, 6) is 3.04. The Morgan fingerprint density at radius 2 is 0.711 bits per heavy atom. The Morgan fingerprint density at radius 3 is 0.987 bits per heavy atom. The molecular formula is C66H72N2O6S2. The van der Waals surface area contributed by atoms with Gasteiger partial charge < -0.3 is 38.3 Å². The molecule has 6 aromatic carbocycles. The highest BCUT2D eigenvalue weighted by atomic mass is 32.1. The Bertz CT molecular complexity index is 3430. The second-order valence-corrected chi connectivity index (χ2v) is 26.1. The maximum atomic E-state index is 12.3. The Balaban J connectivity index is 0.891. The molecule has 0 unspecified atom stereocenters. The van der Waals surface area contributed by atoms with E-state index in [0.717, 1.165) is 66.1 Å². The van der Waals surface area contributed by atoms with Crippen molar-refractivity contribution in [2.45, 2.75) is 118 Å². The second-order valence-electron chi connectivity index (χ2n) is 24.3. The number of unbranched alkanes of at least 4 members (excludes halogenated alkanes) is 1. The normalized spacial score (nSPS) is 12.7. The summed E-state index contributed by atoms with van der Waals surface area (Å²) < 4.78 is 28.9. The number of thiophene rings is 2. The van der Waals surface area contributed by atoms with Crippen LogP contribution in [0, 0.1) is 0 Å². The van der Waals surface area contributed by atoms with Crippen molar-refractivity contribution in [3.8, 4) is 66.8 Å². The van der Waals surface area contributed by atoms with Crippen LogP contribution in [0.2, 0.25) is 0 Å². The molecule has 8 nitrogen and oxygen atoms in total. The minimum atomic E-state index is -0.0239. The molecule has 10 aromatic rings. The number of ether oxygens (including phenoxy) is 4. The van der Waals surface area contributed by atoms with E-state index in [-0.39, 0.29) is 33.2 Å². The number of fused-ring (bicyclic) bond motifs is 6. The summed E-state index contributed by atoms with van der Waals surface area (Å²) in [6.45, 7) is 27.8. The zero-order valence-electron chi connectivity index (χ0n) is 46.6. The van der Waals surface area contributed by atoms with Gasteiger partial charge in [0.15, 0.2) is 11.5 Å². The monoisotopic (exact) mass is 1050 g/mol. The van der Waals surface area contributed by atoms with Crippen LogP contribution in [0.3, 0.4) is 0 Å². The Kier molecular flexibility index (Phi) is 13.6. The third-order valence-corrected chi connectivity index (χ3v) is 16.9. The van der Waals surface area contributed by atoms with Gasteiger partial charge in [-0.2, -0.15) is 0 Å². The van der Waals surface area contributed by atoms with E-state index in [0.29, 0.717) is 58.8 Å². The van der Waals surface area contributed by atoms with Crippen LogP contribution in [0.15, 0.2) is 120 Å². The van der Waals surface area contributed by atoms with Crippen LogP contribution in [0.25, 0.3) is 75.9 Å². The fraction of sp³-hybridized carbons (Fsp3) is 0.333. The van der Waals surface area contributed by atoms with Crippen LogP contribution in [-0.4, -0.2) is 46.8 Å². The molecule has 2 N–H and O–H groups in total. The quantitative estimate of drug-likeness (QED) is 0.112. The van der Waals surface area contributed by atoms with Gasteiger partial charge >= 0.3 is 0 Å². The SMILES string of the molecule is COc1ccc(OCCCCOc2ccc(OC)cc2-c2scc(-n3c4ccc(C(C)(C)C)cc4c4cc(C(C)(C)C)ccc43)c2O)c(-c2scc(-n3c4ccc(C(C)(C)C)cc4c4cc(C(C)(C)C)ccc43)c2O)c1. The Labute approximate surface area is 456 Å². The zero-order valence-corrected chi connectivity index (χ0v) is 48.2. The summed E-state index contributed by atoms with van der Waals surface area (Å²) in [7, 11) is 3.30. The third kappa shape index (κ3) is 9.68. The lowest BCUT2D eigenvalue weighted by atomic mass is 9.85. The van der Waals surface area contributed by atoms with Gasteiger partial charge in [-0.3, -0.25) is 0 Å². The third-order valence-electron chi connectivity index (χ3n) is 14.9. The standard InChI is InChI=1S/C66H72N2O6S2/c1-63(2,3)39-17-23-51-45(31-39)46-32-40(64(4,5)6)18-24-52(46)67(51)55-37-75-61(59(55)69)49-35-43(71-13)21-27-57(49)73-29-15-16-30-74-58-28-22-44(72-14)36-50(58)62-60(70)56(38-76-62)68-53-25-19-41(65(7,8)9)33-47(53)48-34-42(66(10,11)12)20-26-54(48)68/h17-28,31-38,69-70H,15-16,29-30H2,1-14H3. The molecule has 394 valence electrons. The number of aromatic nitrogens is 2. The lowest BCUT2D eigenvalue weighted by molar-refractivity contribution is 0.267. The lowest BCUT2D eigenvalue weighted by Gasteiger charge is -2.19. The van der Waals surface area contributed by atoms with Crippen LogP contribution in [-0.2, 0) is 21.7 Å². The van der Waals surface area contributed by atoms with Crippen molar-refractivity contribution in [1.82, 2.24) is 9.13 Å². The van der Waals surface area contributed by atoms with Gasteiger partial charge in [-0.25, -0.2) is 0 Å². The molecule has 0 aliphatic rings. The first-order chi connectivity index (χ1) is 36.0. The van der Waals surface area contributed by atoms with E-state index in [1.54, 1.807) is 14.2 Å². The fourth-order valence-electron chi connectivity index (χ4n) is 10.3. The van der Waals surface area contributed by atoms with Gasteiger partial charge in [0.25, 0.3) is 0 Å². The number of aromatic hydroxyl groups is 2. The maximum Gasteiger partial charge on any atom is 0.158 e. The van der Waals surface area contributed by atoms with Gasteiger partial charge in [-0.15, -0.1) is 22.7 Å². The van der Waals surface area contributed by atoms with E-state index >= 15 is 0 Å². The summed E-state index contributed by atoms with van der Waals surface area (Å²) >= 11 is 2.98. The number of methoxy groups -OCH3 is 2. The van der Waals surface area contributed by atoms with Crippen LogP contribution in [0.1, 0.15) is 118 Å². The van der Waals surface area contributed by atoms with Crippen molar-refractivity contribution in [3.63, 3.8) is 0 Å². The van der Waals surface area contributed by atoms with Crippen LogP contribution in [0.5, 0.6) is 34.5 Å². The highest BCUT2D eigenvalue weighted by Gasteiger charge is 2.27. The summed E-state index contributed by atoms with van der Waals surface area (Å²) in [5.41, 5.74) is 12.1. The van der Waals surface area contributed by atoms with Crippen molar-refractivity contribution in [2.24, 2.45) is 0 Å². The van der Waals surface area contributed by atoms with Crippen molar-refractivity contribution in [3.05, 3.63) is 142 Å². The molecule has 0 bridgehead atoms. The molecule has 0 saturated heterocycles. The largest absolute Gasteiger partial charge is 0.504 e. The van der Waals surface area contributed by atoms with Crippen molar-refractivity contribution >= 4 is 66.3 Å². The van der Waals surface area contributed by atoms with Gasteiger partial charge in [-0.05, 0) is 142 Å². The molecule has 4 heterocycles. The number of hydrogen-bond donors (Lipinski definition) is 2. The molecule has 4 aromatic heterocycles. The first kappa shape index (κ1) is 52.6. The van der Waals surface area contributed by atoms with E-state index in [4.69, 9.17) is 18.9 Å². The molecule has 0 atom stereocenters. The number of hydrogen-bond acceptors (Lipinski definition) is 8. The predicted molar refractivity (Wildman–Crippen MR) is 320 cm³/mol. The maximum absolute atomic E-state index is 12.3. The molecule has 76 heavy (non-hydrogen) atoms. The summed E-state index contributed by atoms with van der Waals surface area (Å²) in [6, 6.07) is 38.4. The van der Waals surface area contributed by atoms with Crippen LogP contribution < -0.4 is 18.9 Å². The molecule has 10 heteroatoms. The second kappa shape index (κ2) is 19.6. The summed E-state index contributed by atoms with van der Waals surface area (Å²) in [6.07, 6.45) is 1.42. The van der Waals surface area contributed by atoms with E-state index < -0.39 is 0 Å². The highest BCUT2D eigenvalue weighted by Crippen LogP contribution is 2.50. The average molecular weight is 1050 g/mol. The number of benzene rings is 6. The molecule has 0 amide bonds. The van der Waals surface area contributed by atoms with Crippen LogP contribution in [0.4, 0.5) is 0 Å². The molecule has 0 aliphatic heterocycles. The average Bonchev–Trinajstić information content (AvgIpc) is 4.25. The lowest BCUT2D eigenvalue weighted by Crippen LogP contribution is -2.10. The summed E-state index contributed by atoms with van der Waals surface area (Å²) in [4.78, 5) is 1.41. The Morgan fingerprint density at radius 1 is 0.408 bits per heavy atom. The fourth-order valence-corrected chi connectivity index (χ4v) is 12.2. The molecule has 0 aliphatic carbocycles. The summed E-state index contributed by atoms with van der Waals surface area (Å²) in [5, 5.41) is 33.3. The van der Waals surface area contributed by atoms with E-state index in [2.05, 4.69) is 165 Å². The molecular weight excluding hydrogens is 981 g/mol. The van der Waals surface area contributed by atoms with Crippen LogP contribution >= 0.6 is 22.7 Å². The first-order valence-corrected chi connectivity index (χ1v) is 28.1. The minimum absolute atomic E-state index is 0.0239. The highest BCUT2D eigenvalue weighted by molar-refractivity contribution is 7.14. The molecule has 0 fully saturated rings. The van der Waals surface area contributed by atoms with Gasteiger partial charge in [0.05, 0.1) is 70.6 Å². The van der Waals surface area contributed by atoms with E-state index in [9.17, 15) is 10.2 Å². The van der Waals surface area contributed by atoms with Gasteiger partial charge in [0, 0.05) is 43.4 Å². The molecule has 10 rings (SSSR count). The molecule has 0 spiro atoms. The van der Waals surface area contributed by atoms with Gasteiger partial charge in [-0.1, -0.05) is 107 Å². The number of nitrogens with zero attached hydrogens (tertiary/aromatic N) is 2. The number of rotatable bonds is 13. The predicted octanol–water partition coefficient (Wildman–Crippen LogP) is 18.2. The molecule has 0 saturated carbocycles. The zero-order chi connectivity index (χ0) is 54.2. The topological polar surface area (TPSA) is 87.2 Å². The first-order valence-electron chi connectivity index (χ1n) is 26.4. The molecule has 0 radical (unpaired) electrons. The van der Waals surface area contributed by atoms with E-state index in [1.165, 1.54) is 44.9 Å². The van der Waals surface area contributed by atoms with E-state index in [1.807, 2.05) is 47.2 Å². The van der Waals surface area contributed by atoms with Crippen molar-refractivity contribution < 1.29 is 29.2 Å². The van der Waals surface area contributed by atoms with Gasteiger partial charge in [0.2, 0.25) is 0 Å². The van der Waals surface area contributed by atoms with Crippen molar-refractivity contribution in [2.75, 3.05) is 27.4 Å². The van der Waals surface area contributed by atoms with Crippen molar-refractivity contribution in [1.29, 1.82) is 0 Å². The van der Waals surface area contributed by atoms with Gasteiger partial charge in [0.1, 0.15) is 23.0 Å². The Hall–Kier alpha value is -6.88. The smallest absolute Gasteiger partial charge is 0.158 e.